The molecular weight excluding hydrogens is 335 g/mol. The van der Waals surface area contributed by atoms with Crippen molar-refractivity contribution in [2.75, 3.05) is 7.05 Å². The number of fused-ring (bicyclic) bond motifs is 1. The van der Waals surface area contributed by atoms with Crippen LogP contribution in [0.3, 0.4) is 0 Å². The molecule has 1 heterocycles. The Kier molecular flexibility index (Phi) is 5.06. The summed E-state index contributed by atoms with van der Waals surface area (Å²) in [4.78, 5) is 26.4. The Hall–Kier alpha value is -3.09. The highest BCUT2D eigenvalue weighted by molar-refractivity contribution is 5.77. The third kappa shape index (κ3) is 3.61. The molecule has 3 rings (SSSR count). The summed E-state index contributed by atoms with van der Waals surface area (Å²) in [6.07, 6.45) is 0.120. The number of aryl methyl sites for hydroxylation is 1. The van der Waals surface area contributed by atoms with E-state index >= 15 is 0 Å². The smallest absolute Gasteiger partial charge is 0.277 e. The van der Waals surface area contributed by atoms with Gasteiger partial charge in [-0.3, -0.25) is 9.59 Å². The molecular formula is C19H19FN4O2. The third-order valence-corrected chi connectivity index (χ3v) is 4.49. The Morgan fingerprint density at radius 2 is 1.88 bits per heavy atom. The summed E-state index contributed by atoms with van der Waals surface area (Å²) in [6.45, 7) is 2.02. The second kappa shape index (κ2) is 7.43. The number of carbonyl (C=O) groups excluding carboxylic acids is 1. The number of rotatable bonds is 5. The second-order valence-electron chi connectivity index (χ2n) is 6.12. The highest BCUT2D eigenvalue weighted by Crippen LogP contribution is 2.19. The molecule has 1 unspecified atom stereocenters. The van der Waals surface area contributed by atoms with Gasteiger partial charge in [0.1, 0.15) is 11.3 Å². The van der Waals surface area contributed by atoms with Crippen molar-refractivity contribution in [2.24, 2.45) is 0 Å². The van der Waals surface area contributed by atoms with Gasteiger partial charge in [0.2, 0.25) is 5.91 Å². The Morgan fingerprint density at radius 1 is 1.19 bits per heavy atom. The Bertz CT molecular complexity index is 985. The molecule has 7 heteroatoms. The number of amides is 1. The average molecular weight is 354 g/mol. The topological polar surface area (TPSA) is 68.1 Å². The van der Waals surface area contributed by atoms with Gasteiger partial charge in [-0.2, -0.15) is 0 Å². The number of hydrogen-bond donors (Lipinski definition) is 0. The van der Waals surface area contributed by atoms with E-state index in [9.17, 15) is 14.0 Å². The minimum atomic E-state index is -0.316. The van der Waals surface area contributed by atoms with Gasteiger partial charge in [0.25, 0.3) is 5.56 Å². The molecule has 0 saturated heterocycles. The van der Waals surface area contributed by atoms with E-state index in [1.807, 2.05) is 6.92 Å². The minimum absolute atomic E-state index is 0.120. The van der Waals surface area contributed by atoms with E-state index < -0.39 is 0 Å². The van der Waals surface area contributed by atoms with Gasteiger partial charge >= 0.3 is 0 Å². The quantitative estimate of drug-likeness (QED) is 0.706. The molecule has 0 bridgehead atoms. The van der Waals surface area contributed by atoms with Crippen molar-refractivity contribution >= 4 is 16.8 Å². The summed E-state index contributed by atoms with van der Waals surface area (Å²) in [5.74, 6) is -0.451. The zero-order chi connectivity index (χ0) is 18.7. The van der Waals surface area contributed by atoms with Gasteiger partial charge in [-0.05, 0) is 36.8 Å². The van der Waals surface area contributed by atoms with Crippen LogP contribution in [0.1, 0.15) is 24.9 Å². The maximum Gasteiger partial charge on any atom is 0.277 e. The van der Waals surface area contributed by atoms with Crippen LogP contribution < -0.4 is 5.56 Å². The highest BCUT2D eigenvalue weighted by atomic mass is 19.1. The predicted octanol–water partition coefficient (Wildman–Crippen LogP) is 2.54. The van der Waals surface area contributed by atoms with Crippen LogP contribution in [0.5, 0.6) is 0 Å². The summed E-state index contributed by atoms with van der Waals surface area (Å²) in [5.41, 5.74) is 1.10. The van der Waals surface area contributed by atoms with Crippen LogP contribution in [0.25, 0.3) is 10.9 Å². The molecule has 1 atom stereocenters. The lowest BCUT2D eigenvalue weighted by Gasteiger charge is -2.25. The maximum absolute atomic E-state index is 13.0. The van der Waals surface area contributed by atoms with Gasteiger partial charge in [-0.1, -0.05) is 29.5 Å². The zero-order valence-electron chi connectivity index (χ0n) is 14.6. The van der Waals surface area contributed by atoms with E-state index in [1.54, 1.807) is 48.3 Å². The van der Waals surface area contributed by atoms with Crippen molar-refractivity contribution in [3.8, 4) is 0 Å². The monoisotopic (exact) mass is 354 g/mol. The molecule has 0 fully saturated rings. The first-order valence-electron chi connectivity index (χ1n) is 8.31. The van der Waals surface area contributed by atoms with Crippen molar-refractivity contribution in [3.63, 3.8) is 0 Å². The Labute approximate surface area is 149 Å². The van der Waals surface area contributed by atoms with Gasteiger partial charge in [0, 0.05) is 13.5 Å². The fraction of sp³-hybridized carbons (Fsp3) is 0.263. The standard InChI is InChI=1S/C19H19FN4O2/c1-13(14-7-9-15(20)10-8-14)23(2)18(25)11-12-24-19(26)16-5-3-4-6-17(16)21-22-24/h3-10,13H,11-12H2,1-2H3. The van der Waals surface area contributed by atoms with E-state index in [1.165, 1.54) is 16.8 Å². The third-order valence-electron chi connectivity index (χ3n) is 4.49. The number of aromatic nitrogens is 3. The summed E-state index contributed by atoms with van der Waals surface area (Å²) in [6, 6.07) is 12.8. The fourth-order valence-electron chi connectivity index (χ4n) is 2.73. The van der Waals surface area contributed by atoms with Crippen LogP contribution in [-0.2, 0) is 11.3 Å². The lowest BCUT2D eigenvalue weighted by atomic mass is 10.1. The number of benzene rings is 2. The maximum atomic E-state index is 13.0. The molecule has 0 spiro atoms. The number of hydrogen-bond acceptors (Lipinski definition) is 4. The van der Waals surface area contributed by atoms with Gasteiger partial charge in [-0.15, -0.1) is 5.10 Å². The molecule has 0 aliphatic carbocycles. The van der Waals surface area contributed by atoms with Crippen molar-refractivity contribution in [1.82, 2.24) is 19.9 Å². The Balaban J connectivity index is 1.69. The SMILES string of the molecule is CC(c1ccc(F)cc1)N(C)C(=O)CCn1nnc2ccccc2c1=O. The zero-order valence-corrected chi connectivity index (χ0v) is 14.6. The normalized spacial score (nSPS) is 12.1. The van der Waals surface area contributed by atoms with Crippen LogP contribution in [0.4, 0.5) is 4.39 Å². The van der Waals surface area contributed by atoms with Crippen molar-refractivity contribution in [1.29, 1.82) is 0 Å². The van der Waals surface area contributed by atoms with E-state index in [0.717, 1.165) is 5.56 Å². The van der Waals surface area contributed by atoms with Gasteiger partial charge in [0.05, 0.1) is 18.0 Å². The molecule has 2 aromatic carbocycles. The van der Waals surface area contributed by atoms with Crippen LogP contribution >= 0.6 is 0 Å². The van der Waals surface area contributed by atoms with E-state index in [-0.39, 0.29) is 36.3 Å². The first-order valence-corrected chi connectivity index (χ1v) is 8.31. The molecule has 1 aromatic heterocycles. The largest absolute Gasteiger partial charge is 0.339 e. The molecule has 0 radical (unpaired) electrons. The number of halogens is 1. The van der Waals surface area contributed by atoms with Crippen LogP contribution in [-0.4, -0.2) is 32.8 Å². The highest BCUT2D eigenvalue weighted by Gasteiger charge is 2.18. The van der Waals surface area contributed by atoms with Gasteiger partial charge < -0.3 is 4.90 Å². The molecule has 26 heavy (non-hydrogen) atoms. The molecule has 0 saturated carbocycles. The van der Waals surface area contributed by atoms with Crippen molar-refractivity contribution in [2.45, 2.75) is 25.9 Å². The molecule has 0 aliphatic rings. The number of nitrogens with zero attached hydrogens (tertiary/aromatic N) is 4. The summed E-state index contributed by atoms with van der Waals surface area (Å²) < 4.78 is 14.2. The number of carbonyl (C=O) groups is 1. The van der Waals surface area contributed by atoms with Crippen LogP contribution in [0, 0.1) is 5.82 Å². The molecule has 0 N–H and O–H groups in total. The fourth-order valence-corrected chi connectivity index (χ4v) is 2.73. The first kappa shape index (κ1) is 17.7. The second-order valence-corrected chi connectivity index (χ2v) is 6.12. The van der Waals surface area contributed by atoms with Crippen molar-refractivity contribution in [3.05, 3.63) is 70.3 Å². The van der Waals surface area contributed by atoms with Gasteiger partial charge in [0.15, 0.2) is 0 Å². The summed E-state index contributed by atoms with van der Waals surface area (Å²) >= 11 is 0. The molecule has 134 valence electrons. The summed E-state index contributed by atoms with van der Waals surface area (Å²) in [5, 5.41) is 8.38. The predicted molar refractivity (Wildman–Crippen MR) is 96.0 cm³/mol. The van der Waals surface area contributed by atoms with Gasteiger partial charge in [-0.25, -0.2) is 9.07 Å². The Morgan fingerprint density at radius 3 is 2.62 bits per heavy atom. The molecule has 1 amide bonds. The first-order chi connectivity index (χ1) is 12.5. The minimum Gasteiger partial charge on any atom is -0.339 e. The average Bonchev–Trinajstić information content (AvgIpc) is 2.67. The lowest BCUT2D eigenvalue weighted by molar-refractivity contribution is -0.132. The molecule has 0 aliphatic heterocycles. The molecule has 3 aromatic rings. The van der Waals surface area contributed by atoms with Crippen molar-refractivity contribution < 1.29 is 9.18 Å². The van der Waals surface area contributed by atoms with E-state index in [4.69, 9.17) is 0 Å². The van der Waals surface area contributed by atoms with Crippen LogP contribution in [0.2, 0.25) is 0 Å². The van der Waals surface area contributed by atoms with E-state index in [2.05, 4.69) is 10.3 Å². The molecule has 6 nitrogen and oxygen atoms in total. The van der Waals surface area contributed by atoms with Crippen LogP contribution in [0.15, 0.2) is 53.3 Å². The lowest BCUT2D eigenvalue weighted by Crippen LogP contribution is -2.32. The van der Waals surface area contributed by atoms with E-state index in [0.29, 0.717) is 10.9 Å². The summed E-state index contributed by atoms with van der Waals surface area (Å²) in [7, 11) is 1.69.